The van der Waals surface area contributed by atoms with Gasteiger partial charge in [-0.15, -0.1) is 0 Å². The first-order valence-electron chi connectivity index (χ1n) is 8.59. The van der Waals surface area contributed by atoms with Crippen LogP contribution in [0.4, 0.5) is 13.2 Å². The molecule has 1 aliphatic carbocycles. The highest BCUT2D eigenvalue weighted by atomic mass is 35.5. The van der Waals surface area contributed by atoms with E-state index in [1.165, 1.54) is 10.6 Å². The van der Waals surface area contributed by atoms with Crippen molar-refractivity contribution in [3.8, 4) is 11.3 Å². The lowest BCUT2D eigenvalue weighted by atomic mass is 10.1. The third-order valence-electron chi connectivity index (χ3n) is 4.61. The predicted molar refractivity (Wildman–Crippen MR) is 96.0 cm³/mol. The summed E-state index contributed by atoms with van der Waals surface area (Å²) < 4.78 is 40.9. The van der Waals surface area contributed by atoms with Gasteiger partial charge in [0.2, 0.25) is 0 Å². The highest BCUT2D eigenvalue weighted by Gasteiger charge is 2.49. The summed E-state index contributed by atoms with van der Waals surface area (Å²) in [6.07, 6.45) is -0.477. The molecule has 1 atom stereocenters. The zero-order valence-electron chi connectivity index (χ0n) is 14.7. The molecule has 1 unspecified atom stereocenters. The summed E-state index contributed by atoms with van der Waals surface area (Å²) in [6, 6.07) is 2.84. The van der Waals surface area contributed by atoms with Crippen LogP contribution >= 0.6 is 11.6 Å². The van der Waals surface area contributed by atoms with Crippen LogP contribution in [0.5, 0.6) is 0 Å². The summed E-state index contributed by atoms with van der Waals surface area (Å²) in [5, 5.41) is 6.64. The van der Waals surface area contributed by atoms with Crippen molar-refractivity contribution in [2.24, 2.45) is 5.92 Å². The van der Waals surface area contributed by atoms with Gasteiger partial charge in [0.25, 0.3) is 5.91 Å². The molecule has 0 spiro atoms. The van der Waals surface area contributed by atoms with E-state index >= 15 is 0 Å². The largest absolute Gasteiger partial charge is 0.408 e. The third-order valence-corrected chi connectivity index (χ3v) is 4.94. The van der Waals surface area contributed by atoms with Crippen LogP contribution in [0.2, 0.25) is 5.02 Å². The Bertz CT molecular complexity index is 1060. The van der Waals surface area contributed by atoms with Gasteiger partial charge in [0.1, 0.15) is 6.04 Å². The lowest BCUT2D eigenvalue weighted by Crippen LogP contribution is -2.47. The van der Waals surface area contributed by atoms with E-state index in [1.807, 2.05) is 0 Å². The zero-order chi connectivity index (χ0) is 20.1. The number of carbonyl (C=O) groups excluding carboxylic acids is 1. The van der Waals surface area contributed by atoms with Crippen molar-refractivity contribution < 1.29 is 18.0 Å². The average molecular weight is 410 g/mol. The quantitative estimate of drug-likeness (QED) is 0.711. The van der Waals surface area contributed by atoms with Crippen LogP contribution in [0.3, 0.4) is 0 Å². The van der Waals surface area contributed by atoms with Crippen LogP contribution in [0, 0.1) is 12.8 Å². The van der Waals surface area contributed by atoms with Gasteiger partial charge in [-0.05, 0) is 37.8 Å². The molecular weight excluding hydrogens is 395 g/mol. The monoisotopic (exact) mass is 409 g/mol. The lowest BCUT2D eigenvalue weighted by molar-refractivity contribution is -0.158. The van der Waals surface area contributed by atoms with Crippen LogP contribution < -0.4 is 5.32 Å². The maximum Gasteiger partial charge on any atom is 0.408 e. The highest BCUT2D eigenvalue weighted by Crippen LogP contribution is 2.40. The van der Waals surface area contributed by atoms with E-state index in [-0.39, 0.29) is 5.69 Å². The number of carbonyl (C=O) groups is 1. The second-order valence-electron chi connectivity index (χ2n) is 6.77. The summed E-state index contributed by atoms with van der Waals surface area (Å²) >= 11 is 6.18. The molecule has 6 nitrogen and oxygen atoms in total. The van der Waals surface area contributed by atoms with E-state index < -0.39 is 24.0 Å². The van der Waals surface area contributed by atoms with Gasteiger partial charge >= 0.3 is 6.18 Å². The fourth-order valence-electron chi connectivity index (χ4n) is 3.05. The fraction of sp³-hybridized carbons (Fsp3) is 0.333. The molecule has 3 aromatic rings. The van der Waals surface area contributed by atoms with Crippen molar-refractivity contribution in [2.45, 2.75) is 32.0 Å². The number of nitrogens with zero attached hydrogens (tertiary/aromatic N) is 4. The van der Waals surface area contributed by atoms with Crippen LogP contribution in [0.1, 0.15) is 29.0 Å². The normalized spacial score (nSPS) is 15.6. The Labute approximate surface area is 162 Å². The average Bonchev–Trinajstić information content (AvgIpc) is 3.36. The standard InChI is InChI=1S/C18H15ClF3N5O/c1-9-6-13(11-8-23-5-4-12(11)19)24-15-7-14(26-27(9)15)17(28)25-16(10-2-3-10)18(20,21)22/h4-8,10,16H,2-3H2,1H3,(H,25,28). The second-order valence-corrected chi connectivity index (χ2v) is 7.18. The molecule has 4 rings (SSSR count). The minimum atomic E-state index is -4.49. The predicted octanol–water partition coefficient (Wildman–Crippen LogP) is 3.82. The minimum Gasteiger partial charge on any atom is -0.339 e. The van der Waals surface area contributed by atoms with Gasteiger partial charge < -0.3 is 5.32 Å². The molecule has 1 aliphatic rings. The number of amides is 1. The number of halogens is 4. The van der Waals surface area contributed by atoms with Gasteiger partial charge in [0.15, 0.2) is 11.3 Å². The van der Waals surface area contributed by atoms with Crippen molar-refractivity contribution in [3.05, 3.63) is 47.0 Å². The fourth-order valence-corrected chi connectivity index (χ4v) is 3.25. The Morgan fingerprint density at radius 3 is 2.75 bits per heavy atom. The van der Waals surface area contributed by atoms with Crippen LogP contribution in [0.15, 0.2) is 30.6 Å². The Morgan fingerprint density at radius 1 is 1.36 bits per heavy atom. The first kappa shape index (κ1) is 18.7. The number of fused-ring (bicyclic) bond motifs is 1. The molecule has 146 valence electrons. The smallest absolute Gasteiger partial charge is 0.339 e. The number of hydrogen-bond acceptors (Lipinski definition) is 4. The van der Waals surface area contributed by atoms with Crippen molar-refractivity contribution in [1.29, 1.82) is 0 Å². The van der Waals surface area contributed by atoms with E-state index in [0.717, 1.165) is 0 Å². The maximum absolute atomic E-state index is 13.2. The molecule has 0 aromatic carbocycles. The first-order valence-corrected chi connectivity index (χ1v) is 8.97. The number of aryl methyl sites for hydroxylation is 1. The van der Waals surface area contributed by atoms with Gasteiger partial charge in [0, 0.05) is 29.7 Å². The molecule has 3 aromatic heterocycles. The van der Waals surface area contributed by atoms with Crippen molar-refractivity contribution >= 4 is 23.2 Å². The van der Waals surface area contributed by atoms with Gasteiger partial charge in [0.05, 0.1) is 10.7 Å². The topological polar surface area (TPSA) is 72.2 Å². The van der Waals surface area contributed by atoms with Gasteiger partial charge in [-0.2, -0.15) is 18.3 Å². The Balaban J connectivity index is 1.67. The molecule has 1 N–H and O–H groups in total. The number of rotatable bonds is 4. The number of nitrogens with one attached hydrogen (secondary N) is 1. The molecule has 1 saturated carbocycles. The summed E-state index contributed by atoms with van der Waals surface area (Å²) in [4.78, 5) is 20.8. The van der Waals surface area contributed by atoms with Crippen LogP contribution in [-0.2, 0) is 0 Å². The molecular formula is C18H15ClF3N5O. The minimum absolute atomic E-state index is 0.125. The molecule has 1 fully saturated rings. The van der Waals surface area contributed by atoms with E-state index in [9.17, 15) is 18.0 Å². The van der Waals surface area contributed by atoms with E-state index in [0.29, 0.717) is 40.5 Å². The molecule has 1 amide bonds. The SMILES string of the molecule is Cc1cc(-c2cnccc2Cl)nc2cc(C(=O)NC(C3CC3)C(F)(F)F)nn12. The number of pyridine rings is 1. The molecule has 10 heteroatoms. The van der Waals surface area contributed by atoms with Gasteiger partial charge in [-0.3, -0.25) is 9.78 Å². The maximum atomic E-state index is 13.2. The zero-order valence-corrected chi connectivity index (χ0v) is 15.4. The Hall–Kier alpha value is -2.68. The van der Waals surface area contributed by atoms with Crippen LogP contribution in [0.25, 0.3) is 16.9 Å². The van der Waals surface area contributed by atoms with Crippen molar-refractivity contribution in [3.63, 3.8) is 0 Å². The van der Waals surface area contributed by atoms with Crippen LogP contribution in [-0.4, -0.2) is 37.7 Å². The molecule has 0 aliphatic heterocycles. The number of alkyl halides is 3. The summed E-state index contributed by atoms with van der Waals surface area (Å²) in [6.45, 7) is 1.75. The summed E-state index contributed by atoms with van der Waals surface area (Å²) in [7, 11) is 0. The molecule has 0 radical (unpaired) electrons. The van der Waals surface area contributed by atoms with E-state index in [4.69, 9.17) is 11.6 Å². The molecule has 28 heavy (non-hydrogen) atoms. The van der Waals surface area contributed by atoms with Crippen molar-refractivity contribution in [2.75, 3.05) is 0 Å². The Kier molecular flexibility index (Phi) is 4.49. The van der Waals surface area contributed by atoms with E-state index in [2.05, 4.69) is 20.4 Å². The van der Waals surface area contributed by atoms with Gasteiger partial charge in [-0.25, -0.2) is 9.50 Å². The molecule has 3 heterocycles. The summed E-state index contributed by atoms with van der Waals surface area (Å²) in [5.41, 5.74) is 1.98. The first-order chi connectivity index (χ1) is 13.2. The third kappa shape index (κ3) is 3.54. The summed E-state index contributed by atoms with van der Waals surface area (Å²) in [5.74, 6) is -1.44. The van der Waals surface area contributed by atoms with E-state index in [1.54, 1.807) is 31.5 Å². The number of hydrogen-bond donors (Lipinski definition) is 1. The second kappa shape index (κ2) is 6.73. The molecule has 0 bridgehead atoms. The lowest BCUT2D eigenvalue weighted by Gasteiger charge is -2.20. The molecule has 0 saturated heterocycles. The van der Waals surface area contributed by atoms with Crippen molar-refractivity contribution in [1.82, 2.24) is 24.9 Å². The Morgan fingerprint density at radius 2 is 2.11 bits per heavy atom. The van der Waals surface area contributed by atoms with Gasteiger partial charge in [-0.1, -0.05) is 11.6 Å². The highest BCUT2D eigenvalue weighted by molar-refractivity contribution is 6.33. The number of aromatic nitrogens is 4.